The smallest absolute Gasteiger partial charge is 0.266 e. The number of hydrogen-bond donors (Lipinski definition) is 0. The summed E-state index contributed by atoms with van der Waals surface area (Å²) < 4.78 is 5.94. The third kappa shape index (κ3) is 4.52. The maximum atomic E-state index is 13.8. The van der Waals surface area contributed by atoms with E-state index in [1.165, 1.54) is 0 Å². The van der Waals surface area contributed by atoms with Crippen molar-refractivity contribution < 1.29 is 19.2 Å². The van der Waals surface area contributed by atoms with E-state index in [1.54, 1.807) is 23.3 Å². The van der Waals surface area contributed by atoms with E-state index in [-0.39, 0.29) is 5.91 Å². The summed E-state index contributed by atoms with van der Waals surface area (Å²) >= 11 is 12.3. The predicted molar refractivity (Wildman–Crippen MR) is 146 cm³/mol. The highest BCUT2D eigenvalue weighted by Gasteiger charge is 2.60. The van der Waals surface area contributed by atoms with E-state index >= 15 is 0 Å². The van der Waals surface area contributed by atoms with Gasteiger partial charge in [0.05, 0.1) is 17.4 Å². The van der Waals surface area contributed by atoms with Crippen LogP contribution in [-0.2, 0) is 21.0 Å². The molecule has 0 saturated carbocycles. The predicted octanol–water partition coefficient (Wildman–Crippen LogP) is 6.62. The van der Waals surface area contributed by atoms with Crippen LogP contribution >= 0.6 is 23.2 Å². The fourth-order valence-corrected chi connectivity index (χ4v) is 5.49. The Morgan fingerprint density at radius 1 is 0.737 bits per heavy atom. The van der Waals surface area contributed by atoms with Crippen LogP contribution in [0.5, 0.6) is 5.75 Å². The summed E-state index contributed by atoms with van der Waals surface area (Å²) in [7, 11) is 0. The molecule has 0 aromatic heterocycles. The van der Waals surface area contributed by atoms with Crippen LogP contribution < -0.4 is 14.7 Å². The quantitative estimate of drug-likeness (QED) is 0.255. The van der Waals surface area contributed by atoms with Crippen LogP contribution in [0.4, 0.5) is 11.4 Å². The van der Waals surface area contributed by atoms with Crippen molar-refractivity contribution in [2.45, 2.75) is 18.8 Å². The third-order valence-electron chi connectivity index (χ3n) is 6.70. The molecule has 38 heavy (non-hydrogen) atoms. The van der Waals surface area contributed by atoms with Crippen molar-refractivity contribution >= 4 is 46.4 Å². The van der Waals surface area contributed by atoms with Crippen molar-refractivity contribution in [2.24, 2.45) is 5.92 Å². The monoisotopic (exact) mass is 544 g/mol. The summed E-state index contributed by atoms with van der Waals surface area (Å²) in [4.78, 5) is 34.6. The lowest BCUT2D eigenvalue weighted by atomic mass is 9.90. The molecule has 0 unspecified atom stereocenters. The van der Waals surface area contributed by atoms with Crippen LogP contribution in [0.3, 0.4) is 0 Å². The zero-order chi connectivity index (χ0) is 26.2. The topological polar surface area (TPSA) is 59.1 Å². The zero-order valence-corrected chi connectivity index (χ0v) is 21.5. The highest BCUT2D eigenvalue weighted by atomic mass is 35.5. The Morgan fingerprint density at radius 2 is 1.37 bits per heavy atom. The molecule has 2 saturated heterocycles. The molecule has 4 aromatic rings. The molecule has 4 aromatic carbocycles. The Balaban J connectivity index is 1.32. The highest BCUT2D eigenvalue weighted by Crippen LogP contribution is 2.48. The van der Waals surface area contributed by atoms with Gasteiger partial charge in [-0.05, 0) is 53.6 Å². The van der Waals surface area contributed by atoms with Gasteiger partial charge in [0.1, 0.15) is 18.3 Å². The Kier molecular flexibility index (Phi) is 6.54. The van der Waals surface area contributed by atoms with Crippen LogP contribution in [0.1, 0.15) is 17.2 Å². The minimum Gasteiger partial charge on any atom is -0.489 e. The van der Waals surface area contributed by atoms with Gasteiger partial charge in [0.2, 0.25) is 5.91 Å². The number of imide groups is 1. The van der Waals surface area contributed by atoms with Crippen molar-refractivity contribution in [3.05, 3.63) is 124 Å². The van der Waals surface area contributed by atoms with Crippen molar-refractivity contribution in [1.82, 2.24) is 0 Å². The average Bonchev–Trinajstić information content (AvgIpc) is 3.44. The lowest BCUT2D eigenvalue weighted by molar-refractivity contribution is -0.126. The molecule has 3 atom stereocenters. The fourth-order valence-electron chi connectivity index (χ4n) is 4.98. The number of para-hydroxylation sites is 1. The summed E-state index contributed by atoms with van der Waals surface area (Å²) in [6.45, 7) is 0.442. The molecule has 2 heterocycles. The number of halogens is 2. The fraction of sp³-hybridized carbons (Fsp3) is 0.133. The van der Waals surface area contributed by atoms with Gasteiger partial charge >= 0.3 is 0 Å². The number of nitrogens with zero attached hydrogens (tertiary/aromatic N) is 2. The van der Waals surface area contributed by atoms with Crippen LogP contribution in [0.15, 0.2) is 103 Å². The van der Waals surface area contributed by atoms with E-state index in [2.05, 4.69) is 0 Å². The summed E-state index contributed by atoms with van der Waals surface area (Å²) in [5.41, 5.74) is 2.95. The van der Waals surface area contributed by atoms with Gasteiger partial charge in [-0.1, -0.05) is 83.9 Å². The minimum absolute atomic E-state index is 0.324. The van der Waals surface area contributed by atoms with Crippen molar-refractivity contribution in [2.75, 3.05) is 9.96 Å². The second-order valence-electron chi connectivity index (χ2n) is 9.14. The summed E-state index contributed by atoms with van der Waals surface area (Å²) in [6.07, 6.45) is -0.987. The van der Waals surface area contributed by atoms with Gasteiger partial charge in [-0.3, -0.25) is 14.4 Å². The van der Waals surface area contributed by atoms with E-state index in [4.69, 9.17) is 32.8 Å². The number of carbonyl (C=O) groups excluding carboxylic acids is 2. The number of amides is 2. The second kappa shape index (κ2) is 10.1. The second-order valence-corrected chi connectivity index (χ2v) is 10.0. The minimum atomic E-state index is -0.987. The summed E-state index contributed by atoms with van der Waals surface area (Å²) in [5, 5.41) is 2.33. The number of ether oxygens (including phenoxy) is 1. The van der Waals surface area contributed by atoms with E-state index in [0.717, 1.165) is 21.7 Å². The first-order valence-corrected chi connectivity index (χ1v) is 12.9. The number of anilines is 2. The van der Waals surface area contributed by atoms with E-state index in [9.17, 15) is 9.59 Å². The van der Waals surface area contributed by atoms with Gasteiger partial charge in [0, 0.05) is 10.0 Å². The maximum absolute atomic E-state index is 13.8. The lowest BCUT2D eigenvalue weighted by Crippen LogP contribution is -2.37. The van der Waals surface area contributed by atoms with Gasteiger partial charge in [0.15, 0.2) is 6.10 Å². The number of hydroxylamine groups is 1. The van der Waals surface area contributed by atoms with E-state index in [0.29, 0.717) is 28.1 Å². The standard InChI is InChI=1S/C30H22Cl2N2O4/c31-21-15-22(32)17-24(16-21)33-29(35)26-27(34(38-28(26)30(33)36)23-9-5-2-6-10-23)20-11-13-25(14-12-20)37-18-19-7-3-1-4-8-19/h1-17,26-28H,18H2/t26-,27+,28-/m0/s1. The van der Waals surface area contributed by atoms with Gasteiger partial charge in [0.25, 0.3) is 5.91 Å². The van der Waals surface area contributed by atoms with E-state index < -0.39 is 24.0 Å². The summed E-state index contributed by atoms with van der Waals surface area (Å²) in [6, 6.07) is 31.0. The first-order chi connectivity index (χ1) is 18.5. The largest absolute Gasteiger partial charge is 0.489 e. The van der Waals surface area contributed by atoms with Crippen molar-refractivity contribution in [1.29, 1.82) is 0 Å². The molecule has 0 radical (unpaired) electrons. The Hall–Kier alpha value is -3.84. The molecule has 190 valence electrons. The molecular weight excluding hydrogens is 523 g/mol. The number of fused-ring (bicyclic) bond motifs is 1. The Labute approximate surface area is 229 Å². The normalized spacial score (nSPS) is 20.6. The third-order valence-corrected chi connectivity index (χ3v) is 7.14. The van der Waals surface area contributed by atoms with E-state index in [1.807, 2.05) is 84.9 Å². The lowest BCUT2D eigenvalue weighted by Gasteiger charge is -2.29. The van der Waals surface area contributed by atoms with Crippen molar-refractivity contribution in [3.63, 3.8) is 0 Å². The molecule has 8 heteroatoms. The maximum Gasteiger partial charge on any atom is 0.266 e. The van der Waals surface area contributed by atoms with Crippen LogP contribution in [0.2, 0.25) is 10.0 Å². The average molecular weight is 545 g/mol. The van der Waals surface area contributed by atoms with Gasteiger partial charge in [-0.2, -0.15) is 0 Å². The number of hydrogen-bond acceptors (Lipinski definition) is 5. The molecule has 2 amide bonds. The Morgan fingerprint density at radius 3 is 2.03 bits per heavy atom. The molecule has 2 aliphatic rings. The molecule has 0 N–H and O–H groups in total. The van der Waals surface area contributed by atoms with Crippen LogP contribution in [0, 0.1) is 5.92 Å². The number of benzene rings is 4. The zero-order valence-electron chi connectivity index (χ0n) is 20.0. The molecule has 2 aliphatic heterocycles. The number of carbonyl (C=O) groups is 2. The first kappa shape index (κ1) is 24.5. The molecule has 0 aliphatic carbocycles. The highest BCUT2D eigenvalue weighted by molar-refractivity contribution is 6.35. The first-order valence-electron chi connectivity index (χ1n) is 12.1. The van der Waals surface area contributed by atoms with Crippen molar-refractivity contribution in [3.8, 4) is 5.75 Å². The van der Waals surface area contributed by atoms with Crippen LogP contribution in [-0.4, -0.2) is 17.9 Å². The summed E-state index contributed by atoms with van der Waals surface area (Å²) in [5.74, 6) is -0.893. The van der Waals surface area contributed by atoms with Gasteiger partial charge < -0.3 is 4.74 Å². The van der Waals surface area contributed by atoms with Gasteiger partial charge in [-0.25, -0.2) is 9.96 Å². The van der Waals surface area contributed by atoms with Gasteiger partial charge in [-0.15, -0.1) is 0 Å². The molecule has 6 rings (SSSR count). The molecule has 6 nitrogen and oxygen atoms in total. The number of rotatable bonds is 6. The molecule has 0 spiro atoms. The van der Waals surface area contributed by atoms with Crippen LogP contribution in [0.25, 0.3) is 0 Å². The SMILES string of the molecule is O=C1[C@@H]2[C@H](ON(c3ccccc3)[C@@H]2c2ccc(OCc3ccccc3)cc2)C(=O)N1c1cc(Cl)cc(Cl)c1. The Bertz CT molecular complexity index is 1460. The molecular formula is C30H22Cl2N2O4. The molecule has 0 bridgehead atoms. The molecule has 2 fully saturated rings.